The molecule has 2 amide bonds. The molecule has 1 aliphatic heterocycles. The zero-order valence-corrected chi connectivity index (χ0v) is 8.56. The van der Waals surface area contributed by atoms with E-state index in [2.05, 4.69) is 4.98 Å². The van der Waals surface area contributed by atoms with Crippen LogP contribution in [-0.4, -0.2) is 53.3 Å². The van der Waals surface area contributed by atoms with Crippen LogP contribution in [0.25, 0.3) is 0 Å². The minimum absolute atomic E-state index is 0.0128. The average Bonchev–Trinajstić information content (AvgIpc) is 2.74. The molecule has 0 saturated carbocycles. The number of hydrogen-bond donors (Lipinski definition) is 1. The first kappa shape index (κ1) is 9.76. The van der Waals surface area contributed by atoms with Gasteiger partial charge in [0, 0.05) is 26.3 Å². The van der Waals surface area contributed by atoms with E-state index in [0.717, 1.165) is 0 Å². The Hall–Kier alpha value is -1.78. The van der Waals surface area contributed by atoms with Crippen molar-refractivity contribution in [3.63, 3.8) is 0 Å². The van der Waals surface area contributed by atoms with E-state index in [-0.39, 0.29) is 18.4 Å². The monoisotopic (exact) mass is 207 g/mol. The standard InChI is InChI=1S/C10H13N3O2/c1-12-5-6-13(7-9(12)14)10(15)8-3-2-4-11-8/h2-4,11H,5-7H2,1H3. The Bertz CT molecular complexity index is 372. The summed E-state index contributed by atoms with van der Waals surface area (Å²) in [7, 11) is 1.75. The van der Waals surface area contributed by atoms with Gasteiger partial charge in [-0.15, -0.1) is 0 Å². The molecule has 0 aromatic carbocycles. The van der Waals surface area contributed by atoms with Gasteiger partial charge < -0.3 is 14.8 Å². The maximum absolute atomic E-state index is 11.8. The van der Waals surface area contributed by atoms with E-state index in [1.165, 1.54) is 0 Å². The minimum Gasteiger partial charge on any atom is -0.357 e. The van der Waals surface area contributed by atoms with Crippen molar-refractivity contribution in [2.24, 2.45) is 0 Å². The molecule has 0 bridgehead atoms. The van der Waals surface area contributed by atoms with Gasteiger partial charge in [-0.3, -0.25) is 9.59 Å². The van der Waals surface area contributed by atoms with Gasteiger partial charge in [-0.2, -0.15) is 0 Å². The number of hydrogen-bond acceptors (Lipinski definition) is 2. The second-order valence-corrected chi connectivity index (χ2v) is 3.63. The van der Waals surface area contributed by atoms with Crippen molar-refractivity contribution in [3.05, 3.63) is 24.0 Å². The second kappa shape index (κ2) is 3.76. The molecule has 1 N–H and O–H groups in total. The van der Waals surface area contributed by atoms with Gasteiger partial charge in [0.25, 0.3) is 5.91 Å². The van der Waals surface area contributed by atoms with Crippen LogP contribution in [0.1, 0.15) is 10.5 Å². The lowest BCUT2D eigenvalue weighted by molar-refractivity contribution is -0.133. The third kappa shape index (κ3) is 1.86. The number of nitrogens with one attached hydrogen (secondary N) is 1. The van der Waals surface area contributed by atoms with Gasteiger partial charge in [-0.25, -0.2) is 0 Å². The number of carbonyl (C=O) groups is 2. The number of aromatic amines is 1. The lowest BCUT2D eigenvalue weighted by Crippen LogP contribution is -2.50. The summed E-state index contributed by atoms with van der Waals surface area (Å²) in [5.74, 6) is -0.123. The molecule has 0 unspecified atom stereocenters. The second-order valence-electron chi connectivity index (χ2n) is 3.63. The van der Waals surface area contributed by atoms with Crippen molar-refractivity contribution in [3.8, 4) is 0 Å². The molecule has 5 heteroatoms. The van der Waals surface area contributed by atoms with Gasteiger partial charge >= 0.3 is 0 Å². The Morgan fingerprint density at radius 2 is 2.27 bits per heavy atom. The highest BCUT2D eigenvalue weighted by Crippen LogP contribution is 2.06. The first-order chi connectivity index (χ1) is 7.18. The van der Waals surface area contributed by atoms with Gasteiger partial charge in [0.2, 0.25) is 5.91 Å². The number of rotatable bonds is 1. The molecule has 1 aromatic heterocycles. The molecule has 1 saturated heterocycles. The van der Waals surface area contributed by atoms with Gasteiger partial charge in [-0.05, 0) is 12.1 Å². The Morgan fingerprint density at radius 3 is 2.87 bits per heavy atom. The summed E-state index contributed by atoms with van der Waals surface area (Å²) in [6.45, 7) is 1.37. The molecule has 15 heavy (non-hydrogen) atoms. The van der Waals surface area contributed by atoms with E-state index in [4.69, 9.17) is 0 Å². The van der Waals surface area contributed by atoms with E-state index in [1.807, 2.05) is 0 Å². The van der Waals surface area contributed by atoms with E-state index in [1.54, 1.807) is 35.2 Å². The van der Waals surface area contributed by atoms with Crippen LogP contribution in [0, 0.1) is 0 Å². The molecule has 0 aliphatic carbocycles. The van der Waals surface area contributed by atoms with Crippen LogP contribution < -0.4 is 0 Å². The fraction of sp³-hybridized carbons (Fsp3) is 0.400. The number of aromatic nitrogens is 1. The number of H-pyrrole nitrogens is 1. The maximum atomic E-state index is 11.8. The molecule has 0 radical (unpaired) electrons. The van der Waals surface area contributed by atoms with Gasteiger partial charge in [0.05, 0.1) is 0 Å². The van der Waals surface area contributed by atoms with Crippen LogP contribution in [0.15, 0.2) is 18.3 Å². The number of nitrogens with zero attached hydrogens (tertiary/aromatic N) is 2. The SMILES string of the molecule is CN1CCN(C(=O)c2ccc[nH]2)CC1=O. The first-order valence-electron chi connectivity index (χ1n) is 4.85. The Kier molecular flexibility index (Phi) is 2.45. The first-order valence-corrected chi connectivity index (χ1v) is 4.85. The largest absolute Gasteiger partial charge is 0.357 e. The molecule has 1 fully saturated rings. The molecule has 2 heterocycles. The Labute approximate surface area is 87.7 Å². The van der Waals surface area contributed by atoms with Gasteiger partial charge in [0.1, 0.15) is 12.2 Å². The third-order valence-electron chi connectivity index (χ3n) is 2.57. The van der Waals surface area contributed by atoms with Crippen LogP contribution in [0.3, 0.4) is 0 Å². The average molecular weight is 207 g/mol. The number of piperazine rings is 1. The lowest BCUT2D eigenvalue weighted by Gasteiger charge is -2.31. The van der Waals surface area contributed by atoms with Gasteiger partial charge in [0.15, 0.2) is 0 Å². The van der Waals surface area contributed by atoms with Crippen LogP contribution in [-0.2, 0) is 4.79 Å². The maximum Gasteiger partial charge on any atom is 0.270 e. The zero-order chi connectivity index (χ0) is 10.8. The number of likely N-dealkylation sites (N-methyl/N-ethyl adjacent to an activating group) is 1. The van der Waals surface area contributed by atoms with Crippen molar-refractivity contribution in [2.45, 2.75) is 0 Å². The van der Waals surface area contributed by atoms with Crippen molar-refractivity contribution in [1.82, 2.24) is 14.8 Å². The van der Waals surface area contributed by atoms with E-state index in [0.29, 0.717) is 18.8 Å². The van der Waals surface area contributed by atoms with E-state index in [9.17, 15) is 9.59 Å². The fourth-order valence-electron chi connectivity index (χ4n) is 1.57. The smallest absolute Gasteiger partial charge is 0.270 e. The topological polar surface area (TPSA) is 56.4 Å². The lowest BCUT2D eigenvalue weighted by atomic mass is 10.3. The zero-order valence-electron chi connectivity index (χ0n) is 8.56. The van der Waals surface area contributed by atoms with Crippen molar-refractivity contribution >= 4 is 11.8 Å². The fourth-order valence-corrected chi connectivity index (χ4v) is 1.57. The Morgan fingerprint density at radius 1 is 1.47 bits per heavy atom. The molecule has 5 nitrogen and oxygen atoms in total. The predicted octanol–water partition coefficient (Wildman–Crippen LogP) is -0.0711. The minimum atomic E-state index is -0.110. The summed E-state index contributed by atoms with van der Waals surface area (Å²) in [6.07, 6.45) is 1.70. The highest BCUT2D eigenvalue weighted by molar-refractivity contribution is 5.95. The molecule has 1 aliphatic rings. The third-order valence-corrected chi connectivity index (χ3v) is 2.57. The number of amides is 2. The molecular formula is C10H13N3O2. The van der Waals surface area contributed by atoms with Crippen LogP contribution >= 0.6 is 0 Å². The summed E-state index contributed by atoms with van der Waals surface area (Å²) in [4.78, 5) is 29.3. The summed E-state index contributed by atoms with van der Waals surface area (Å²) >= 11 is 0. The molecular weight excluding hydrogens is 194 g/mol. The van der Waals surface area contributed by atoms with Crippen LogP contribution in [0.2, 0.25) is 0 Å². The summed E-state index contributed by atoms with van der Waals surface area (Å²) in [5, 5.41) is 0. The van der Waals surface area contributed by atoms with Crippen molar-refractivity contribution in [1.29, 1.82) is 0 Å². The molecule has 0 atom stereocenters. The molecule has 2 rings (SSSR count). The summed E-state index contributed by atoms with van der Waals surface area (Å²) in [5.41, 5.74) is 0.535. The quantitative estimate of drug-likeness (QED) is 0.700. The van der Waals surface area contributed by atoms with Crippen LogP contribution in [0.5, 0.6) is 0 Å². The predicted molar refractivity (Wildman–Crippen MR) is 54.3 cm³/mol. The molecule has 80 valence electrons. The molecule has 1 aromatic rings. The van der Waals surface area contributed by atoms with Crippen molar-refractivity contribution in [2.75, 3.05) is 26.7 Å². The Balaban J connectivity index is 2.07. The van der Waals surface area contributed by atoms with Crippen LogP contribution in [0.4, 0.5) is 0 Å². The van der Waals surface area contributed by atoms with E-state index >= 15 is 0 Å². The normalized spacial score (nSPS) is 17.0. The summed E-state index contributed by atoms with van der Waals surface area (Å²) < 4.78 is 0. The van der Waals surface area contributed by atoms with E-state index < -0.39 is 0 Å². The van der Waals surface area contributed by atoms with Crippen molar-refractivity contribution < 1.29 is 9.59 Å². The highest BCUT2D eigenvalue weighted by Gasteiger charge is 2.25. The number of carbonyl (C=O) groups excluding carboxylic acids is 2. The summed E-state index contributed by atoms with van der Waals surface area (Å²) in [6, 6.07) is 3.48. The molecule has 0 spiro atoms. The highest BCUT2D eigenvalue weighted by atomic mass is 16.2. The van der Waals surface area contributed by atoms with Gasteiger partial charge in [-0.1, -0.05) is 0 Å².